The fourth-order valence-electron chi connectivity index (χ4n) is 3.35. The van der Waals surface area contributed by atoms with Crippen LogP contribution in [0.25, 0.3) is 0 Å². The van der Waals surface area contributed by atoms with Crippen LogP contribution in [0.4, 0.5) is 0 Å². The van der Waals surface area contributed by atoms with Crippen LogP contribution < -0.4 is 15.4 Å². The zero-order valence-electron chi connectivity index (χ0n) is 14.4. The van der Waals surface area contributed by atoms with Gasteiger partial charge in [0, 0.05) is 31.6 Å². The third kappa shape index (κ3) is 4.13. The van der Waals surface area contributed by atoms with Crippen molar-refractivity contribution in [3.63, 3.8) is 0 Å². The first-order valence-corrected chi connectivity index (χ1v) is 10.1. The third-order valence-electron chi connectivity index (χ3n) is 4.93. The average Bonchev–Trinajstić information content (AvgIpc) is 3.15. The Morgan fingerprint density at radius 3 is 2.44 bits per heavy atom. The van der Waals surface area contributed by atoms with Crippen LogP contribution in [0, 0.1) is 5.92 Å². The van der Waals surface area contributed by atoms with Crippen LogP contribution >= 0.6 is 0 Å². The number of hydrogen-bond acceptors (Lipinski definition) is 5. The SMILES string of the molecule is COc1ccc(S(=O)(=O)N2CCC(C(=O)NC3CCNC3)CC2)cc1. The van der Waals surface area contributed by atoms with E-state index in [9.17, 15) is 13.2 Å². The number of nitrogens with zero attached hydrogens (tertiary/aromatic N) is 1. The standard InChI is InChI=1S/C17H25N3O4S/c1-24-15-2-4-16(5-3-15)25(22,23)20-10-7-13(8-11-20)17(21)19-14-6-9-18-12-14/h2-5,13-14,18H,6-12H2,1H3,(H,19,21). The van der Waals surface area contributed by atoms with Crippen LogP contribution in [0.3, 0.4) is 0 Å². The lowest BCUT2D eigenvalue weighted by Crippen LogP contribution is -2.45. The van der Waals surface area contributed by atoms with E-state index in [-0.39, 0.29) is 22.8 Å². The fraction of sp³-hybridized carbons (Fsp3) is 0.588. The number of amides is 1. The Labute approximate surface area is 148 Å². The minimum Gasteiger partial charge on any atom is -0.497 e. The molecule has 1 amide bonds. The molecule has 2 N–H and O–H groups in total. The number of piperidine rings is 1. The molecule has 0 bridgehead atoms. The highest BCUT2D eigenvalue weighted by atomic mass is 32.2. The molecule has 25 heavy (non-hydrogen) atoms. The summed E-state index contributed by atoms with van der Waals surface area (Å²) in [4.78, 5) is 12.6. The highest BCUT2D eigenvalue weighted by Gasteiger charge is 2.32. The Hall–Kier alpha value is -1.64. The first-order valence-electron chi connectivity index (χ1n) is 8.66. The van der Waals surface area contributed by atoms with E-state index in [0.29, 0.717) is 31.7 Å². The molecule has 1 aromatic rings. The average molecular weight is 367 g/mol. The monoisotopic (exact) mass is 367 g/mol. The maximum absolute atomic E-state index is 12.7. The van der Waals surface area contributed by atoms with Gasteiger partial charge in [0.15, 0.2) is 0 Å². The molecular formula is C17H25N3O4S. The molecule has 2 heterocycles. The minimum atomic E-state index is -3.52. The molecular weight excluding hydrogens is 342 g/mol. The molecule has 1 aromatic carbocycles. The lowest BCUT2D eigenvalue weighted by atomic mass is 9.97. The normalized spacial score (nSPS) is 22.7. The first kappa shape index (κ1) is 18.2. The van der Waals surface area contributed by atoms with Crippen molar-refractivity contribution in [1.29, 1.82) is 0 Å². The number of carbonyl (C=O) groups excluding carboxylic acids is 1. The lowest BCUT2D eigenvalue weighted by molar-refractivity contribution is -0.126. The molecule has 0 aliphatic carbocycles. The summed E-state index contributed by atoms with van der Waals surface area (Å²) in [5.74, 6) is 0.564. The summed E-state index contributed by atoms with van der Waals surface area (Å²) in [6.45, 7) is 2.49. The van der Waals surface area contributed by atoms with Gasteiger partial charge < -0.3 is 15.4 Å². The molecule has 0 spiro atoms. The number of rotatable bonds is 5. The quantitative estimate of drug-likeness (QED) is 0.795. The second-order valence-electron chi connectivity index (χ2n) is 6.55. The van der Waals surface area contributed by atoms with Gasteiger partial charge in [0.1, 0.15) is 5.75 Å². The minimum absolute atomic E-state index is 0.0511. The van der Waals surface area contributed by atoms with Gasteiger partial charge in [-0.1, -0.05) is 0 Å². The summed E-state index contributed by atoms with van der Waals surface area (Å²) in [5.41, 5.74) is 0. The van der Waals surface area contributed by atoms with Crippen molar-refractivity contribution in [3.8, 4) is 5.75 Å². The number of benzene rings is 1. The summed E-state index contributed by atoms with van der Waals surface area (Å²) < 4.78 is 32.0. The largest absolute Gasteiger partial charge is 0.497 e. The number of hydrogen-bond donors (Lipinski definition) is 2. The second-order valence-corrected chi connectivity index (χ2v) is 8.49. The van der Waals surface area contributed by atoms with Gasteiger partial charge >= 0.3 is 0 Å². The Balaban J connectivity index is 1.57. The zero-order valence-corrected chi connectivity index (χ0v) is 15.2. The van der Waals surface area contributed by atoms with Gasteiger partial charge in [-0.25, -0.2) is 8.42 Å². The van der Waals surface area contributed by atoms with Gasteiger partial charge in [-0.05, 0) is 50.1 Å². The van der Waals surface area contributed by atoms with Crippen LogP contribution in [0.15, 0.2) is 29.2 Å². The molecule has 2 aliphatic heterocycles. The Bertz CT molecular complexity index is 691. The predicted molar refractivity (Wildman–Crippen MR) is 93.9 cm³/mol. The molecule has 1 unspecified atom stereocenters. The molecule has 138 valence electrons. The lowest BCUT2D eigenvalue weighted by Gasteiger charge is -2.31. The van der Waals surface area contributed by atoms with Crippen LogP contribution in [-0.2, 0) is 14.8 Å². The molecule has 0 saturated carbocycles. The van der Waals surface area contributed by atoms with E-state index in [4.69, 9.17) is 4.74 Å². The van der Waals surface area contributed by atoms with Gasteiger partial charge in [0.2, 0.25) is 15.9 Å². The summed E-state index contributed by atoms with van der Waals surface area (Å²) in [5, 5.41) is 6.29. The van der Waals surface area contributed by atoms with Crippen molar-refractivity contribution in [2.45, 2.75) is 30.2 Å². The van der Waals surface area contributed by atoms with Gasteiger partial charge in [-0.3, -0.25) is 4.79 Å². The maximum atomic E-state index is 12.7. The van der Waals surface area contributed by atoms with E-state index in [1.165, 1.54) is 4.31 Å². The van der Waals surface area contributed by atoms with Crippen molar-refractivity contribution in [2.75, 3.05) is 33.3 Å². The molecule has 1 atom stereocenters. The Morgan fingerprint density at radius 1 is 1.20 bits per heavy atom. The number of methoxy groups -OCH3 is 1. The zero-order chi connectivity index (χ0) is 17.9. The van der Waals surface area contributed by atoms with E-state index in [0.717, 1.165) is 19.5 Å². The Morgan fingerprint density at radius 2 is 1.88 bits per heavy atom. The maximum Gasteiger partial charge on any atom is 0.243 e. The molecule has 8 heteroatoms. The molecule has 3 rings (SSSR count). The summed E-state index contributed by atoms with van der Waals surface area (Å²) >= 11 is 0. The molecule has 0 radical (unpaired) electrons. The summed E-state index contributed by atoms with van der Waals surface area (Å²) in [6, 6.07) is 6.60. The second kappa shape index (κ2) is 7.72. The Kier molecular flexibility index (Phi) is 5.61. The van der Waals surface area contributed by atoms with Crippen LogP contribution in [0.2, 0.25) is 0 Å². The van der Waals surface area contributed by atoms with E-state index < -0.39 is 10.0 Å². The van der Waals surface area contributed by atoms with Crippen molar-refractivity contribution in [3.05, 3.63) is 24.3 Å². The van der Waals surface area contributed by atoms with E-state index in [2.05, 4.69) is 10.6 Å². The van der Waals surface area contributed by atoms with E-state index in [1.807, 2.05) is 0 Å². The topological polar surface area (TPSA) is 87.7 Å². The van der Waals surface area contributed by atoms with Gasteiger partial charge in [-0.2, -0.15) is 4.31 Å². The summed E-state index contributed by atoms with van der Waals surface area (Å²) in [6.07, 6.45) is 2.07. The predicted octanol–water partition coefficient (Wildman–Crippen LogP) is 0.574. The van der Waals surface area contributed by atoms with Gasteiger partial charge in [-0.15, -0.1) is 0 Å². The molecule has 2 saturated heterocycles. The molecule has 0 aromatic heterocycles. The van der Waals surface area contributed by atoms with Gasteiger partial charge in [0.05, 0.1) is 12.0 Å². The molecule has 7 nitrogen and oxygen atoms in total. The van der Waals surface area contributed by atoms with E-state index in [1.54, 1.807) is 31.4 Å². The van der Waals surface area contributed by atoms with Crippen LogP contribution in [-0.4, -0.2) is 58.0 Å². The smallest absolute Gasteiger partial charge is 0.243 e. The number of sulfonamides is 1. The van der Waals surface area contributed by atoms with E-state index >= 15 is 0 Å². The number of carbonyl (C=O) groups is 1. The third-order valence-corrected chi connectivity index (χ3v) is 6.84. The van der Waals surface area contributed by atoms with Crippen molar-refractivity contribution in [1.82, 2.24) is 14.9 Å². The highest BCUT2D eigenvalue weighted by molar-refractivity contribution is 7.89. The number of ether oxygens (including phenoxy) is 1. The van der Waals surface area contributed by atoms with Crippen molar-refractivity contribution in [2.24, 2.45) is 5.92 Å². The van der Waals surface area contributed by atoms with Crippen LogP contribution in [0.5, 0.6) is 5.75 Å². The molecule has 2 aliphatic rings. The first-order chi connectivity index (χ1) is 12.0. The van der Waals surface area contributed by atoms with Gasteiger partial charge in [0.25, 0.3) is 0 Å². The van der Waals surface area contributed by atoms with Crippen LogP contribution in [0.1, 0.15) is 19.3 Å². The fourth-order valence-corrected chi connectivity index (χ4v) is 4.82. The molecule has 2 fully saturated rings. The summed E-state index contributed by atoms with van der Waals surface area (Å²) in [7, 11) is -1.98. The van der Waals surface area contributed by atoms with Crippen molar-refractivity contribution < 1.29 is 17.9 Å². The van der Waals surface area contributed by atoms with Crippen molar-refractivity contribution >= 4 is 15.9 Å². The number of nitrogens with one attached hydrogen (secondary N) is 2. The highest BCUT2D eigenvalue weighted by Crippen LogP contribution is 2.25.